The van der Waals surface area contributed by atoms with Crippen molar-refractivity contribution in [2.24, 2.45) is 0 Å². The first-order valence-electron chi connectivity index (χ1n) is 12.4. The molecule has 5 aromatic rings. The third-order valence-corrected chi connectivity index (χ3v) is 6.47. The Labute approximate surface area is 209 Å². The van der Waals surface area contributed by atoms with E-state index in [1.807, 2.05) is 24.3 Å². The van der Waals surface area contributed by atoms with Crippen LogP contribution in [0.1, 0.15) is 36.0 Å². The van der Waals surface area contributed by atoms with Crippen LogP contribution in [0.2, 0.25) is 0 Å². The number of aromatic nitrogens is 2. The maximum atomic E-state index is 12.3. The highest BCUT2D eigenvalue weighted by Gasteiger charge is 2.14. The molecule has 0 saturated heterocycles. The Morgan fingerprint density at radius 2 is 1.61 bits per heavy atom. The molecule has 0 aliphatic carbocycles. The molecular formula is C28H29BN4O3. The summed E-state index contributed by atoms with van der Waals surface area (Å²) in [5, 5.41) is 27.3. The summed E-state index contributed by atoms with van der Waals surface area (Å²) < 4.78 is 0. The highest BCUT2D eigenvalue weighted by atomic mass is 16.4. The Kier molecular flexibility index (Phi) is 7.16. The number of hydrogen-bond donors (Lipinski definition) is 5. The summed E-state index contributed by atoms with van der Waals surface area (Å²) in [5.41, 5.74) is 5.91. The number of hydrogen-bond acceptors (Lipinski definition) is 5. The van der Waals surface area contributed by atoms with Crippen molar-refractivity contribution in [2.75, 3.05) is 18.4 Å². The van der Waals surface area contributed by atoms with Crippen LogP contribution in [0.25, 0.3) is 32.8 Å². The van der Waals surface area contributed by atoms with Gasteiger partial charge in [-0.2, -0.15) is 0 Å². The molecule has 2 heterocycles. The lowest BCUT2D eigenvalue weighted by Gasteiger charge is -2.11. The molecule has 0 unspecified atom stereocenters. The molecule has 5 rings (SSSR count). The van der Waals surface area contributed by atoms with Gasteiger partial charge in [0.2, 0.25) is 0 Å². The van der Waals surface area contributed by atoms with E-state index in [4.69, 9.17) is 4.98 Å². The molecule has 0 saturated carbocycles. The Hall–Kier alpha value is -3.88. The van der Waals surface area contributed by atoms with Crippen LogP contribution in [-0.4, -0.2) is 46.1 Å². The molecule has 2 aromatic heterocycles. The van der Waals surface area contributed by atoms with Crippen molar-refractivity contribution in [3.63, 3.8) is 0 Å². The SMILES string of the molecule is O=C(NCCCCCCNc1c2ccccc2nc2c1[nH]c1ccccc12)c1cccc(B(O)O)c1. The third-order valence-electron chi connectivity index (χ3n) is 6.47. The number of fused-ring (bicyclic) bond motifs is 4. The van der Waals surface area contributed by atoms with Gasteiger partial charge in [-0.25, -0.2) is 4.98 Å². The summed E-state index contributed by atoms with van der Waals surface area (Å²) >= 11 is 0. The normalized spacial score (nSPS) is 11.3. The number of nitrogens with zero attached hydrogens (tertiary/aromatic N) is 1. The smallest absolute Gasteiger partial charge is 0.423 e. The number of nitrogens with one attached hydrogen (secondary N) is 3. The lowest BCUT2D eigenvalue weighted by molar-refractivity contribution is 0.0953. The molecule has 7 nitrogen and oxygen atoms in total. The molecule has 36 heavy (non-hydrogen) atoms. The summed E-state index contributed by atoms with van der Waals surface area (Å²) in [6.45, 7) is 1.43. The lowest BCUT2D eigenvalue weighted by atomic mass is 9.79. The second-order valence-electron chi connectivity index (χ2n) is 8.99. The maximum absolute atomic E-state index is 12.3. The average Bonchev–Trinajstić information content (AvgIpc) is 3.28. The minimum Gasteiger partial charge on any atom is -0.423 e. The van der Waals surface area contributed by atoms with E-state index in [2.05, 4.69) is 39.9 Å². The third kappa shape index (κ3) is 5.05. The van der Waals surface area contributed by atoms with Crippen LogP contribution in [0.5, 0.6) is 0 Å². The van der Waals surface area contributed by atoms with E-state index in [0.717, 1.165) is 70.8 Å². The van der Waals surface area contributed by atoms with Crippen LogP contribution in [0.15, 0.2) is 72.8 Å². The number of pyridine rings is 1. The van der Waals surface area contributed by atoms with Gasteiger partial charge in [0.05, 0.1) is 22.2 Å². The molecule has 0 spiro atoms. The fourth-order valence-corrected chi connectivity index (χ4v) is 4.61. The molecule has 1 amide bonds. The van der Waals surface area contributed by atoms with Crippen LogP contribution in [0.4, 0.5) is 5.69 Å². The van der Waals surface area contributed by atoms with E-state index < -0.39 is 7.12 Å². The second kappa shape index (κ2) is 10.8. The van der Waals surface area contributed by atoms with E-state index >= 15 is 0 Å². The van der Waals surface area contributed by atoms with Crippen molar-refractivity contribution in [1.29, 1.82) is 0 Å². The van der Waals surface area contributed by atoms with Gasteiger partial charge in [-0.05, 0) is 42.6 Å². The molecule has 5 N–H and O–H groups in total. The quantitative estimate of drug-likeness (QED) is 0.154. The molecule has 0 bridgehead atoms. The number of carbonyl (C=O) groups is 1. The monoisotopic (exact) mass is 480 g/mol. The van der Waals surface area contributed by atoms with E-state index in [1.165, 1.54) is 6.07 Å². The van der Waals surface area contributed by atoms with Gasteiger partial charge in [0.15, 0.2) is 0 Å². The maximum Gasteiger partial charge on any atom is 0.488 e. The van der Waals surface area contributed by atoms with Gasteiger partial charge in [0, 0.05) is 34.9 Å². The summed E-state index contributed by atoms with van der Waals surface area (Å²) in [6, 6.07) is 22.9. The minimum atomic E-state index is -1.58. The van der Waals surface area contributed by atoms with Gasteiger partial charge in [-0.3, -0.25) is 4.79 Å². The number of unbranched alkanes of at least 4 members (excludes halogenated alkanes) is 3. The van der Waals surface area contributed by atoms with Crippen molar-refractivity contribution >= 4 is 57.0 Å². The predicted molar refractivity (Wildman–Crippen MR) is 147 cm³/mol. The van der Waals surface area contributed by atoms with Crippen LogP contribution >= 0.6 is 0 Å². The zero-order valence-electron chi connectivity index (χ0n) is 20.0. The summed E-state index contributed by atoms with van der Waals surface area (Å²) in [7, 11) is -1.58. The zero-order valence-corrected chi connectivity index (χ0v) is 20.0. The summed E-state index contributed by atoms with van der Waals surface area (Å²) in [6.07, 6.45) is 3.96. The summed E-state index contributed by atoms with van der Waals surface area (Å²) in [4.78, 5) is 20.8. The summed E-state index contributed by atoms with van der Waals surface area (Å²) in [5.74, 6) is -0.203. The number of rotatable bonds is 10. The Morgan fingerprint density at radius 3 is 2.44 bits per heavy atom. The Morgan fingerprint density at radius 1 is 0.861 bits per heavy atom. The fourth-order valence-electron chi connectivity index (χ4n) is 4.61. The second-order valence-corrected chi connectivity index (χ2v) is 8.99. The topological polar surface area (TPSA) is 110 Å². The molecule has 0 aliphatic rings. The van der Waals surface area contributed by atoms with Gasteiger partial charge in [-0.15, -0.1) is 0 Å². The van der Waals surface area contributed by atoms with Crippen molar-refractivity contribution in [3.8, 4) is 0 Å². The molecule has 0 fully saturated rings. The lowest BCUT2D eigenvalue weighted by Crippen LogP contribution is -2.32. The van der Waals surface area contributed by atoms with Gasteiger partial charge >= 0.3 is 7.12 Å². The molecule has 0 aliphatic heterocycles. The highest BCUT2D eigenvalue weighted by Crippen LogP contribution is 2.34. The van der Waals surface area contributed by atoms with Gasteiger partial charge in [0.1, 0.15) is 0 Å². The van der Waals surface area contributed by atoms with Crippen molar-refractivity contribution in [3.05, 3.63) is 78.4 Å². The number of aromatic amines is 1. The number of benzene rings is 3. The first kappa shape index (κ1) is 23.8. The van der Waals surface area contributed by atoms with Gasteiger partial charge in [-0.1, -0.05) is 61.4 Å². The van der Waals surface area contributed by atoms with Crippen molar-refractivity contribution in [1.82, 2.24) is 15.3 Å². The van der Waals surface area contributed by atoms with E-state index in [-0.39, 0.29) is 5.91 Å². The first-order chi connectivity index (χ1) is 17.6. The van der Waals surface area contributed by atoms with E-state index in [1.54, 1.807) is 18.2 Å². The van der Waals surface area contributed by atoms with Crippen molar-refractivity contribution in [2.45, 2.75) is 25.7 Å². The molecule has 8 heteroatoms. The van der Waals surface area contributed by atoms with E-state index in [9.17, 15) is 14.8 Å². The Bertz CT molecular complexity index is 1520. The van der Waals surface area contributed by atoms with E-state index in [0.29, 0.717) is 17.6 Å². The number of H-pyrrole nitrogens is 1. The molecule has 0 radical (unpaired) electrons. The predicted octanol–water partition coefficient (Wildman–Crippen LogP) is 3.95. The van der Waals surface area contributed by atoms with Crippen LogP contribution < -0.4 is 16.1 Å². The molecule has 0 atom stereocenters. The molecule has 3 aromatic carbocycles. The Balaban J connectivity index is 1.13. The minimum absolute atomic E-state index is 0.203. The van der Waals surface area contributed by atoms with Crippen LogP contribution in [0.3, 0.4) is 0 Å². The first-order valence-corrected chi connectivity index (χ1v) is 12.4. The average molecular weight is 480 g/mol. The van der Waals surface area contributed by atoms with Crippen molar-refractivity contribution < 1.29 is 14.8 Å². The largest absolute Gasteiger partial charge is 0.488 e. The number of anilines is 1. The molecular weight excluding hydrogens is 451 g/mol. The van der Waals surface area contributed by atoms with Crippen LogP contribution in [0, 0.1) is 0 Å². The number of carbonyl (C=O) groups excluding carboxylic acids is 1. The molecule has 182 valence electrons. The van der Waals surface area contributed by atoms with Gasteiger partial charge in [0.25, 0.3) is 5.91 Å². The number of amides is 1. The van der Waals surface area contributed by atoms with Crippen LogP contribution in [-0.2, 0) is 0 Å². The highest BCUT2D eigenvalue weighted by molar-refractivity contribution is 6.58. The standard InChI is InChI=1S/C28H29BN4O3/c34-28(19-10-9-11-20(18-19)29(35)36)31-17-8-2-1-7-16-30-25-21-12-3-5-14-23(21)32-26-22-13-4-6-15-24(22)33-27(25)26/h3-6,9-15,18,33,35-36H,1-2,7-8,16-17H2,(H,30,32)(H,31,34). The fraction of sp³-hybridized carbons (Fsp3) is 0.214. The van der Waals surface area contributed by atoms with Gasteiger partial charge < -0.3 is 25.7 Å². The number of para-hydroxylation sites is 2. The zero-order chi connectivity index (χ0) is 24.9.